The summed E-state index contributed by atoms with van der Waals surface area (Å²) in [7, 11) is 0. The van der Waals surface area contributed by atoms with Crippen LogP contribution in [0, 0.1) is 26.2 Å². The average Bonchev–Trinajstić information content (AvgIpc) is 2.51. The topological polar surface area (TPSA) is 84.3 Å². The fraction of sp³-hybridized carbons (Fsp3) is 0.688. The first-order valence-electron chi connectivity index (χ1n) is 7.82. The summed E-state index contributed by atoms with van der Waals surface area (Å²) in [6.45, 7) is 6.83. The molecule has 1 aromatic heterocycles. The summed E-state index contributed by atoms with van der Waals surface area (Å²) in [5.41, 5.74) is 2.40. The lowest BCUT2D eigenvalue weighted by Gasteiger charge is -2.55. The highest BCUT2D eigenvalue weighted by atomic mass is 16.5. The maximum Gasteiger partial charge on any atom is 0.272 e. The van der Waals surface area contributed by atoms with E-state index in [-0.39, 0.29) is 23.5 Å². The van der Waals surface area contributed by atoms with Crippen molar-refractivity contribution in [2.45, 2.75) is 52.2 Å². The minimum atomic E-state index is -0.353. The van der Waals surface area contributed by atoms with Crippen LogP contribution >= 0.6 is 0 Å². The fourth-order valence-electron chi connectivity index (χ4n) is 3.56. The Kier molecular flexibility index (Phi) is 3.91. The van der Waals surface area contributed by atoms with E-state index in [4.69, 9.17) is 4.74 Å². The Balaban J connectivity index is 1.76. The lowest BCUT2D eigenvalue weighted by molar-refractivity contribution is -0.145. The molecule has 3 rings (SSSR count). The Morgan fingerprint density at radius 3 is 2.45 bits per heavy atom. The highest BCUT2D eigenvalue weighted by Gasteiger charge is 2.55. The minimum absolute atomic E-state index is 0.0123. The summed E-state index contributed by atoms with van der Waals surface area (Å²) in [4.78, 5) is 21.3. The predicted molar refractivity (Wildman–Crippen MR) is 80.6 cm³/mol. The molecule has 6 heteroatoms. The Hall–Kier alpha value is -1.53. The number of nitrogens with zero attached hydrogens (tertiary/aromatic N) is 2. The number of aliphatic hydroxyl groups is 1. The second kappa shape index (κ2) is 5.59. The molecule has 0 radical (unpaired) electrons. The van der Waals surface area contributed by atoms with Gasteiger partial charge in [0, 0.05) is 24.7 Å². The van der Waals surface area contributed by atoms with Gasteiger partial charge in [0.05, 0.1) is 23.2 Å². The van der Waals surface area contributed by atoms with Crippen molar-refractivity contribution in [2.75, 3.05) is 13.2 Å². The molecule has 0 aromatic carbocycles. The van der Waals surface area contributed by atoms with Crippen LogP contribution in [0.25, 0.3) is 0 Å². The van der Waals surface area contributed by atoms with Crippen molar-refractivity contribution in [1.82, 2.24) is 15.3 Å². The smallest absolute Gasteiger partial charge is 0.272 e. The first-order chi connectivity index (χ1) is 10.4. The van der Waals surface area contributed by atoms with Crippen LogP contribution < -0.4 is 5.32 Å². The fourth-order valence-corrected chi connectivity index (χ4v) is 3.56. The average molecular weight is 305 g/mol. The predicted octanol–water partition coefficient (Wildman–Crippen LogP) is 1.06. The van der Waals surface area contributed by atoms with Crippen molar-refractivity contribution >= 4 is 5.91 Å². The van der Waals surface area contributed by atoms with E-state index in [9.17, 15) is 9.90 Å². The van der Waals surface area contributed by atoms with Crippen LogP contribution in [0.4, 0.5) is 0 Å². The third-order valence-electron chi connectivity index (χ3n) is 5.24. The van der Waals surface area contributed by atoms with Crippen LogP contribution in [-0.2, 0) is 4.74 Å². The van der Waals surface area contributed by atoms with Gasteiger partial charge in [-0.25, -0.2) is 4.98 Å². The maximum absolute atomic E-state index is 12.5. The summed E-state index contributed by atoms with van der Waals surface area (Å²) >= 11 is 0. The van der Waals surface area contributed by atoms with Crippen molar-refractivity contribution in [3.8, 4) is 0 Å². The number of hydrogen-bond donors (Lipinski definition) is 2. The van der Waals surface area contributed by atoms with E-state index in [1.54, 1.807) is 6.92 Å². The molecule has 1 saturated heterocycles. The van der Waals surface area contributed by atoms with Crippen molar-refractivity contribution in [1.29, 1.82) is 0 Å². The second-order valence-electron chi connectivity index (χ2n) is 6.45. The number of hydrogen-bond acceptors (Lipinski definition) is 5. The summed E-state index contributed by atoms with van der Waals surface area (Å²) in [6.07, 6.45) is 1.82. The van der Waals surface area contributed by atoms with Crippen LogP contribution in [-0.4, -0.2) is 46.3 Å². The molecule has 1 saturated carbocycles. The zero-order valence-electron chi connectivity index (χ0n) is 13.3. The Bertz CT molecular complexity index is 597. The number of carbonyl (C=O) groups excluding carboxylic acids is 1. The van der Waals surface area contributed by atoms with E-state index in [2.05, 4.69) is 15.3 Å². The van der Waals surface area contributed by atoms with E-state index in [0.717, 1.165) is 24.2 Å². The van der Waals surface area contributed by atoms with Gasteiger partial charge < -0.3 is 15.2 Å². The molecule has 2 N–H and O–H groups in total. The number of amides is 1. The molecule has 0 unspecified atom stereocenters. The number of nitrogens with one attached hydrogen (secondary N) is 1. The highest BCUT2D eigenvalue weighted by molar-refractivity contribution is 5.93. The lowest BCUT2D eigenvalue weighted by atomic mass is 9.58. The van der Waals surface area contributed by atoms with Crippen LogP contribution in [0.3, 0.4) is 0 Å². The van der Waals surface area contributed by atoms with Gasteiger partial charge in [-0.15, -0.1) is 0 Å². The second-order valence-corrected chi connectivity index (χ2v) is 6.45. The first kappa shape index (κ1) is 15.4. The van der Waals surface area contributed by atoms with Crippen molar-refractivity contribution < 1.29 is 14.6 Å². The summed E-state index contributed by atoms with van der Waals surface area (Å²) in [5, 5.41) is 13.2. The van der Waals surface area contributed by atoms with E-state index in [1.165, 1.54) is 0 Å². The number of carbonyl (C=O) groups is 1. The lowest BCUT2D eigenvalue weighted by Crippen LogP contribution is -2.65. The molecule has 1 aromatic rings. The molecule has 1 spiro atoms. The van der Waals surface area contributed by atoms with Crippen LogP contribution in [0.1, 0.15) is 46.8 Å². The molecule has 1 aliphatic carbocycles. The number of aliphatic hydroxyl groups excluding tert-OH is 1. The largest absolute Gasteiger partial charge is 0.392 e. The molecule has 22 heavy (non-hydrogen) atoms. The molecular weight excluding hydrogens is 282 g/mol. The quantitative estimate of drug-likeness (QED) is 0.853. The van der Waals surface area contributed by atoms with E-state index < -0.39 is 0 Å². The van der Waals surface area contributed by atoms with Gasteiger partial charge >= 0.3 is 0 Å². The van der Waals surface area contributed by atoms with Crippen LogP contribution in [0.5, 0.6) is 0 Å². The highest BCUT2D eigenvalue weighted by Crippen LogP contribution is 2.49. The van der Waals surface area contributed by atoms with Gasteiger partial charge in [-0.3, -0.25) is 9.78 Å². The standard InChI is InChI=1S/C16H23N3O3/c1-9-10(2)18-14(11(3)17-9)15(21)19-12-8-13(20)16(12)4-6-22-7-5-16/h12-13,20H,4-8H2,1-3H3,(H,19,21)/t12-,13-/m1/s1. The van der Waals surface area contributed by atoms with Gasteiger partial charge in [-0.1, -0.05) is 0 Å². The number of aryl methyl sites for hydroxylation is 3. The zero-order valence-corrected chi connectivity index (χ0v) is 13.3. The SMILES string of the molecule is Cc1nc(C)c(C(=O)N[C@@H]2C[C@@H](O)C23CCOCC3)nc1C. The third kappa shape index (κ3) is 2.40. The molecule has 1 amide bonds. The Labute approximate surface area is 130 Å². The number of ether oxygens (including phenoxy) is 1. The van der Waals surface area contributed by atoms with Crippen molar-refractivity contribution in [3.63, 3.8) is 0 Å². The Morgan fingerprint density at radius 2 is 1.82 bits per heavy atom. The van der Waals surface area contributed by atoms with Crippen molar-refractivity contribution in [3.05, 3.63) is 22.8 Å². The van der Waals surface area contributed by atoms with Gasteiger partial charge in [-0.05, 0) is 40.0 Å². The Morgan fingerprint density at radius 1 is 1.18 bits per heavy atom. The maximum atomic E-state index is 12.5. The van der Waals surface area contributed by atoms with Crippen molar-refractivity contribution in [2.24, 2.45) is 5.41 Å². The molecule has 2 aliphatic rings. The van der Waals surface area contributed by atoms with Gasteiger partial charge in [0.2, 0.25) is 0 Å². The zero-order chi connectivity index (χ0) is 15.9. The van der Waals surface area contributed by atoms with E-state index >= 15 is 0 Å². The van der Waals surface area contributed by atoms with E-state index in [0.29, 0.717) is 31.0 Å². The first-order valence-corrected chi connectivity index (χ1v) is 7.82. The van der Waals surface area contributed by atoms with Crippen LogP contribution in [0.15, 0.2) is 0 Å². The molecular formula is C16H23N3O3. The van der Waals surface area contributed by atoms with Gasteiger partial charge in [-0.2, -0.15) is 0 Å². The molecule has 6 nitrogen and oxygen atoms in total. The molecule has 120 valence electrons. The monoisotopic (exact) mass is 305 g/mol. The molecule has 2 fully saturated rings. The molecule has 0 bridgehead atoms. The van der Waals surface area contributed by atoms with E-state index in [1.807, 2.05) is 13.8 Å². The normalized spacial score (nSPS) is 26.5. The van der Waals surface area contributed by atoms with Gasteiger partial charge in [0.1, 0.15) is 5.69 Å². The third-order valence-corrected chi connectivity index (χ3v) is 5.24. The van der Waals surface area contributed by atoms with Crippen LogP contribution in [0.2, 0.25) is 0 Å². The minimum Gasteiger partial charge on any atom is -0.392 e. The molecule has 2 atom stereocenters. The summed E-state index contributed by atoms with van der Waals surface area (Å²) < 4.78 is 5.39. The summed E-state index contributed by atoms with van der Waals surface area (Å²) in [6, 6.07) is -0.0123. The summed E-state index contributed by atoms with van der Waals surface area (Å²) in [5.74, 6) is -0.198. The molecule has 1 aliphatic heterocycles. The molecule has 2 heterocycles. The van der Waals surface area contributed by atoms with Gasteiger partial charge in [0.15, 0.2) is 0 Å². The van der Waals surface area contributed by atoms with Gasteiger partial charge in [0.25, 0.3) is 5.91 Å². The number of aromatic nitrogens is 2. The number of rotatable bonds is 2.